The molecule has 0 aromatic heterocycles. The molecule has 1 N–H and O–H groups in total. The van der Waals surface area contributed by atoms with Crippen LogP contribution in [0.5, 0.6) is 0 Å². The first kappa shape index (κ1) is 15.5. The second-order valence-electron chi connectivity index (χ2n) is 4.01. The minimum absolute atomic E-state index is 0. The smallest absolute Gasteiger partial charge is 0.0556 e. The molecule has 1 aliphatic heterocycles. The van der Waals surface area contributed by atoms with Crippen LogP contribution in [0, 0.1) is 0 Å². The Labute approximate surface area is 123 Å². The van der Waals surface area contributed by atoms with E-state index in [2.05, 4.69) is 5.32 Å². The molecule has 17 heavy (non-hydrogen) atoms. The Hall–Kier alpha value is 0.400. The van der Waals surface area contributed by atoms with E-state index in [0.29, 0.717) is 6.04 Å². The van der Waals surface area contributed by atoms with Crippen LogP contribution >= 0.6 is 47.4 Å². The van der Waals surface area contributed by atoms with Crippen molar-refractivity contribution < 1.29 is 0 Å². The van der Waals surface area contributed by atoms with Crippen LogP contribution in [0.3, 0.4) is 0 Å². The highest BCUT2D eigenvalue weighted by atomic mass is 35.5. The van der Waals surface area contributed by atoms with Crippen molar-refractivity contribution in [2.45, 2.75) is 30.2 Å². The highest BCUT2D eigenvalue weighted by Gasteiger charge is 2.14. The van der Waals surface area contributed by atoms with Gasteiger partial charge in [0.1, 0.15) is 0 Å². The zero-order valence-corrected chi connectivity index (χ0v) is 12.6. The van der Waals surface area contributed by atoms with E-state index in [0.717, 1.165) is 27.2 Å². The fourth-order valence-corrected chi connectivity index (χ4v) is 3.66. The summed E-state index contributed by atoms with van der Waals surface area (Å²) in [5, 5.41) is 5.04. The molecule has 1 fully saturated rings. The summed E-state index contributed by atoms with van der Waals surface area (Å²) in [5.41, 5.74) is 0. The third kappa shape index (κ3) is 4.53. The van der Waals surface area contributed by atoms with Crippen molar-refractivity contribution in [3.8, 4) is 0 Å². The van der Waals surface area contributed by atoms with E-state index in [1.807, 2.05) is 18.2 Å². The summed E-state index contributed by atoms with van der Waals surface area (Å²) >= 11 is 14.0. The Bertz CT molecular complexity index is 333. The average molecular weight is 313 g/mol. The molecule has 1 aliphatic rings. The number of rotatable bonds is 3. The monoisotopic (exact) mass is 311 g/mol. The molecule has 1 atom stereocenters. The van der Waals surface area contributed by atoms with E-state index >= 15 is 0 Å². The first-order valence-electron chi connectivity index (χ1n) is 5.57. The van der Waals surface area contributed by atoms with Gasteiger partial charge in [-0.05, 0) is 31.5 Å². The topological polar surface area (TPSA) is 12.0 Å². The quantitative estimate of drug-likeness (QED) is 0.815. The molecule has 1 saturated heterocycles. The van der Waals surface area contributed by atoms with Gasteiger partial charge in [0.05, 0.1) is 10.0 Å². The van der Waals surface area contributed by atoms with Gasteiger partial charge in [-0.25, -0.2) is 0 Å². The molecule has 96 valence electrons. The maximum absolute atomic E-state index is 6.12. The van der Waals surface area contributed by atoms with Crippen LogP contribution in [0.1, 0.15) is 19.3 Å². The van der Waals surface area contributed by atoms with Crippen LogP contribution in [0.4, 0.5) is 0 Å². The molecule has 0 bridgehead atoms. The van der Waals surface area contributed by atoms with E-state index in [1.54, 1.807) is 11.8 Å². The molecule has 2 rings (SSSR count). The van der Waals surface area contributed by atoms with Gasteiger partial charge in [0.15, 0.2) is 0 Å². The Kier molecular flexibility index (Phi) is 7.05. The minimum Gasteiger partial charge on any atom is -0.313 e. The van der Waals surface area contributed by atoms with E-state index in [-0.39, 0.29) is 12.4 Å². The Morgan fingerprint density at radius 3 is 2.53 bits per heavy atom. The molecule has 1 aromatic carbocycles. The van der Waals surface area contributed by atoms with Crippen LogP contribution < -0.4 is 5.32 Å². The summed E-state index contributed by atoms with van der Waals surface area (Å²) in [4.78, 5) is 1.01. The number of halogens is 3. The van der Waals surface area contributed by atoms with Crippen LogP contribution in [0.15, 0.2) is 23.1 Å². The number of thioether (sulfide) groups is 1. The average Bonchev–Trinajstić information content (AvgIpc) is 2.30. The van der Waals surface area contributed by atoms with Crippen molar-refractivity contribution in [2.24, 2.45) is 0 Å². The fourth-order valence-electron chi connectivity index (χ4n) is 1.87. The standard InChI is InChI=1S/C12H15Cl2NS.ClH/c13-10-5-3-6-11(14)12(10)16-8-9-4-1-2-7-15-9;/h3,5-6,9,15H,1-2,4,7-8H2;1H. The molecular formula is C12H16Cl3NS. The Morgan fingerprint density at radius 1 is 1.24 bits per heavy atom. The van der Waals surface area contributed by atoms with Gasteiger partial charge in [0, 0.05) is 16.7 Å². The lowest BCUT2D eigenvalue weighted by molar-refractivity contribution is 0.430. The lowest BCUT2D eigenvalue weighted by atomic mass is 10.1. The minimum atomic E-state index is 0. The summed E-state index contributed by atoms with van der Waals surface area (Å²) < 4.78 is 0. The van der Waals surface area contributed by atoms with Crippen molar-refractivity contribution in [1.29, 1.82) is 0 Å². The van der Waals surface area contributed by atoms with E-state index in [1.165, 1.54) is 19.3 Å². The van der Waals surface area contributed by atoms with Crippen molar-refractivity contribution in [1.82, 2.24) is 5.32 Å². The molecule has 0 spiro atoms. The second-order valence-corrected chi connectivity index (χ2v) is 5.85. The zero-order chi connectivity index (χ0) is 11.4. The van der Waals surface area contributed by atoms with Gasteiger partial charge in [-0.2, -0.15) is 0 Å². The molecular weight excluding hydrogens is 297 g/mol. The molecule has 5 heteroatoms. The molecule has 1 aromatic rings. The number of piperidine rings is 1. The summed E-state index contributed by atoms with van der Waals surface area (Å²) in [6, 6.07) is 6.27. The maximum Gasteiger partial charge on any atom is 0.0556 e. The SMILES string of the molecule is Cl.Clc1cccc(Cl)c1SCC1CCCCN1. The Morgan fingerprint density at radius 2 is 1.94 bits per heavy atom. The van der Waals surface area contributed by atoms with E-state index in [9.17, 15) is 0 Å². The first-order valence-corrected chi connectivity index (χ1v) is 7.32. The lowest BCUT2D eigenvalue weighted by Crippen LogP contribution is -2.35. The van der Waals surface area contributed by atoms with Gasteiger partial charge in [-0.1, -0.05) is 35.7 Å². The predicted octanol–water partition coefficient (Wildman–Crippen LogP) is 4.65. The van der Waals surface area contributed by atoms with Crippen molar-refractivity contribution in [3.05, 3.63) is 28.2 Å². The highest BCUT2D eigenvalue weighted by Crippen LogP contribution is 2.34. The lowest BCUT2D eigenvalue weighted by Gasteiger charge is -2.23. The number of nitrogens with one attached hydrogen (secondary N) is 1. The third-order valence-electron chi connectivity index (χ3n) is 2.76. The first-order chi connectivity index (χ1) is 7.77. The van der Waals surface area contributed by atoms with Crippen molar-refractivity contribution in [2.75, 3.05) is 12.3 Å². The van der Waals surface area contributed by atoms with Gasteiger partial charge in [0.25, 0.3) is 0 Å². The fraction of sp³-hybridized carbons (Fsp3) is 0.500. The van der Waals surface area contributed by atoms with Crippen molar-refractivity contribution in [3.63, 3.8) is 0 Å². The summed E-state index contributed by atoms with van der Waals surface area (Å²) in [7, 11) is 0. The maximum atomic E-state index is 6.12. The van der Waals surface area contributed by atoms with Gasteiger partial charge < -0.3 is 5.32 Å². The zero-order valence-electron chi connectivity index (χ0n) is 9.42. The van der Waals surface area contributed by atoms with Gasteiger partial charge in [-0.15, -0.1) is 24.2 Å². The van der Waals surface area contributed by atoms with Crippen LogP contribution in [0.25, 0.3) is 0 Å². The summed E-state index contributed by atoms with van der Waals surface area (Å²) in [6.07, 6.45) is 3.89. The van der Waals surface area contributed by atoms with E-state index in [4.69, 9.17) is 23.2 Å². The second kappa shape index (κ2) is 7.75. The largest absolute Gasteiger partial charge is 0.313 e. The molecule has 0 saturated carbocycles. The summed E-state index contributed by atoms with van der Waals surface area (Å²) in [5.74, 6) is 1.05. The molecule has 1 unspecified atom stereocenters. The van der Waals surface area contributed by atoms with Gasteiger partial charge >= 0.3 is 0 Å². The Balaban J connectivity index is 0.00000144. The summed E-state index contributed by atoms with van der Waals surface area (Å²) in [6.45, 7) is 1.14. The molecule has 1 nitrogen and oxygen atoms in total. The molecule has 0 radical (unpaired) electrons. The van der Waals surface area contributed by atoms with Gasteiger partial charge in [-0.3, -0.25) is 0 Å². The normalized spacial score (nSPS) is 19.8. The van der Waals surface area contributed by atoms with Crippen LogP contribution in [0.2, 0.25) is 10.0 Å². The third-order valence-corrected chi connectivity index (χ3v) is 4.91. The predicted molar refractivity (Wildman–Crippen MR) is 80.1 cm³/mol. The molecule has 0 amide bonds. The van der Waals surface area contributed by atoms with E-state index < -0.39 is 0 Å². The molecule has 0 aliphatic carbocycles. The van der Waals surface area contributed by atoms with Crippen molar-refractivity contribution >= 4 is 47.4 Å². The number of hydrogen-bond acceptors (Lipinski definition) is 2. The van der Waals surface area contributed by atoms with Crippen LogP contribution in [-0.4, -0.2) is 18.3 Å². The molecule has 1 heterocycles. The van der Waals surface area contributed by atoms with Gasteiger partial charge in [0.2, 0.25) is 0 Å². The number of hydrogen-bond donors (Lipinski definition) is 1. The van der Waals surface area contributed by atoms with Crippen LogP contribution in [-0.2, 0) is 0 Å². The highest BCUT2D eigenvalue weighted by molar-refractivity contribution is 7.99. The number of benzene rings is 1.